The lowest BCUT2D eigenvalue weighted by Crippen LogP contribution is -2.49. The largest absolute Gasteiger partial charge is 0.493 e. The van der Waals surface area contributed by atoms with Crippen LogP contribution in [0, 0.1) is 0 Å². The highest BCUT2D eigenvalue weighted by atomic mass is 16.5. The van der Waals surface area contributed by atoms with E-state index >= 15 is 0 Å². The highest BCUT2D eigenvalue weighted by Gasteiger charge is 2.24. The second-order valence-electron chi connectivity index (χ2n) is 7.58. The van der Waals surface area contributed by atoms with Crippen molar-refractivity contribution >= 4 is 28.8 Å². The van der Waals surface area contributed by atoms with Crippen LogP contribution in [0.3, 0.4) is 0 Å². The first-order chi connectivity index (χ1) is 15.5. The van der Waals surface area contributed by atoms with E-state index in [1.165, 1.54) is 0 Å². The lowest BCUT2D eigenvalue weighted by molar-refractivity contribution is -0.139. The van der Waals surface area contributed by atoms with Crippen LogP contribution in [0.25, 0.3) is 10.9 Å². The number of urea groups is 1. The van der Waals surface area contributed by atoms with Gasteiger partial charge in [-0.2, -0.15) is 0 Å². The highest BCUT2D eigenvalue weighted by Crippen LogP contribution is 2.31. The van der Waals surface area contributed by atoms with Crippen LogP contribution in [0.2, 0.25) is 0 Å². The number of aromatic nitrogens is 1. The number of carboxylic acids is 1. The Kier molecular flexibility index (Phi) is 6.25. The molecule has 0 radical (unpaired) electrons. The van der Waals surface area contributed by atoms with Crippen molar-refractivity contribution in [3.05, 3.63) is 65.9 Å². The standard InChI is InChI=1S/C23H24N4O5/c28-21(26-18-9-10-32-20-8-4-2-6-16(18)20)13-25-23(31)27-19(22(29)30)11-14-12-24-17-7-3-1-5-15(14)17/h1-8,12,18-19,24H,9-11,13H2,(H,26,28)(H,29,30)(H2,25,27,31). The van der Waals surface area contributed by atoms with Gasteiger partial charge in [0.15, 0.2) is 0 Å². The Morgan fingerprint density at radius 1 is 1.12 bits per heavy atom. The fourth-order valence-electron chi connectivity index (χ4n) is 3.83. The summed E-state index contributed by atoms with van der Waals surface area (Å²) in [5.74, 6) is -0.796. The quantitative estimate of drug-likeness (QED) is 0.387. The van der Waals surface area contributed by atoms with Crippen LogP contribution in [-0.2, 0) is 16.0 Å². The summed E-state index contributed by atoms with van der Waals surface area (Å²) in [5, 5.41) is 18.2. The summed E-state index contributed by atoms with van der Waals surface area (Å²) in [7, 11) is 0. The number of carbonyl (C=O) groups is 3. The van der Waals surface area contributed by atoms with Crippen molar-refractivity contribution in [3.63, 3.8) is 0 Å². The van der Waals surface area contributed by atoms with Crippen LogP contribution in [0.1, 0.15) is 23.6 Å². The van der Waals surface area contributed by atoms with Gasteiger partial charge in [0.2, 0.25) is 5.91 Å². The number of para-hydroxylation sites is 2. The summed E-state index contributed by atoms with van der Waals surface area (Å²) < 4.78 is 5.58. The highest BCUT2D eigenvalue weighted by molar-refractivity contribution is 5.88. The third kappa shape index (κ3) is 4.83. The second-order valence-corrected chi connectivity index (χ2v) is 7.58. The van der Waals surface area contributed by atoms with Gasteiger partial charge < -0.3 is 30.8 Å². The molecule has 0 aliphatic carbocycles. The fourth-order valence-corrected chi connectivity index (χ4v) is 3.83. The van der Waals surface area contributed by atoms with Crippen molar-refractivity contribution in [3.8, 4) is 5.75 Å². The molecule has 0 saturated carbocycles. The molecule has 9 heteroatoms. The van der Waals surface area contributed by atoms with E-state index in [4.69, 9.17) is 4.74 Å². The third-order valence-electron chi connectivity index (χ3n) is 5.41. The predicted molar refractivity (Wildman–Crippen MR) is 117 cm³/mol. The normalized spacial score (nSPS) is 15.8. The zero-order valence-electron chi connectivity index (χ0n) is 17.3. The first kappa shape index (κ1) is 21.2. The molecule has 166 valence electrons. The number of amides is 3. The summed E-state index contributed by atoms with van der Waals surface area (Å²) in [6.07, 6.45) is 2.47. The molecule has 3 amide bonds. The van der Waals surface area contributed by atoms with E-state index in [0.29, 0.717) is 13.0 Å². The molecular formula is C23H24N4O5. The van der Waals surface area contributed by atoms with Crippen molar-refractivity contribution in [1.29, 1.82) is 0 Å². The number of aromatic amines is 1. The van der Waals surface area contributed by atoms with Crippen LogP contribution >= 0.6 is 0 Å². The monoisotopic (exact) mass is 436 g/mol. The molecule has 0 spiro atoms. The molecule has 9 nitrogen and oxygen atoms in total. The molecule has 1 aliphatic rings. The number of benzene rings is 2. The number of fused-ring (bicyclic) bond motifs is 2. The van der Waals surface area contributed by atoms with Gasteiger partial charge in [-0.15, -0.1) is 0 Å². The van der Waals surface area contributed by atoms with E-state index in [1.54, 1.807) is 6.20 Å². The summed E-state index contributed by atoms with van der Waals surface area (Å²) in [6.45, 7) is 0.217. The zero-order valence-corrected chi connectivity index (χ0v) is 17.3. The van der Waals surface area contributed by atoms with E-state index < -0.39 is 18.0 Å². The zero-order chi connectivity index (χ0) is 22.5. The summed E-state index contributed by atoms with van der Waals surface area (Å²) in [5.41, 5.74) is 2.56. The first-order valence-corrected chi connectivity index (χ1v) is 10.3. The number of aliphatic carboxylic acids is 1. The van der Waals surface area contributed by atoms with Crippen LogP contribution in [0.4, 0.5) is 4.79 Å². The van der Waals surface area contributed by atoms with Crippen LogP contribution in [0.15, 0.2) is 54.7 Å². The Morgan fingerprint density at radius 3 is 2.75 bits per heavy atom. The van der Waals surface area contributed by atoms with Gasteiger partial charge in [0.1, 0.15) is 11.8 Å². The van der Waals surface area contributed by atoms with Crippen LogP contribution < -0.4 is 20.7 Å². The van der Waals surface area contributed by atoms with E-state index in [0.717, 1.165) is 27.8 Å². The fraction of sp³-hybridized carbons (Fsp3) is 0.261. The minimum absolute atomic E-state index is 0.109. The van der Waals surface area contributed by atoms with E-state index in [9.17, 15) is 19.5 Å². The van der Waals surface area contributed by atoms with E-state index in [-0.39, 0.29) is 24.9 Å². The molecule has 2 heterocycles. The Balaban J connectivity index is 1.30. The molecular weight excluding hydrogens is 412 g/mol. The summed E-state index contributed by atoms with van der Waals surface area (Å²) in [4.78, 5) is 39.3. The van der Waals surface area contributed by atoms with Crippen molar-refractivity contribution in [2.75, 3.05) is 13.2 Å². The molecule has 2 unspecified atom stereocenters. The molecule has 3 aromatic rings. The second kappa shape index (κ2) is 9.42. The number of rotatable bonds is 7. The number of hydrogen-bond donors (Lipinski definition) is 5. The molecule has 5 N–H and O–H groups in total. The van der Waals surface area contributed by atoms with Crippen molar-refractivity contribution < 1.29 is 24.2 Å². The third-order valence-corrected chi connectivity index (χ3v) is 5.41. The van der Waals surface area contributed by atoms with E-state index in [1.807, 2.05) is 48.5 Å². The number of ether oxygens (including phenoxy) is 1. The van der Waals surface area contributed by atoms with Crippen molar-refractivity contribution in [2.24, 2.45) is 0 Å². The Bertz CT molecular complexity index is 1140. The molecule has 0 saturated heterocycles. The Labute approximate surface area is 184 Å². The number of hydrogen-bond acceptors (Lipinski definition) is 4. The van der Waals surface area contributed by atoms with Gasteiger partial charge in [0.05, 0.1) is 19.2 Å². The van der Waals surface area contributed by atoms with Gasteiger partial charge in [0.25, 0.3) is 0 Å². The van der Waals surface area contributed by atoms with Crippen LogP contribution in [-0.4, -0.2) is 47.2 Å². The van der Waals surface area contributed by atoms with Gasteiger partial charge in [-0.1, -0.05) is 36.4 Å². The molecule has 2 atom stereocenters. The maximum Gasteiger partial charge on any atom is 0.326 e. The minimum Gasteiger partial charge on any atom is -0.493 e. The lowest BCUT2D eigenvalue weighted by Gasteiger charge is -2.26. The van der Waals surface area contributed by atoms with Gasteiger partial charge in [-0.25, -0.2) is 9.59 Å². The summed E-state index contributed by atoms with van der Waals surface area (Å²) >= 11 is 0. The number of nitrogens with one attached hydrogen (secondary N) is 4. The molecule has 1 aliphatic heterocycles. The molecule has 2 aromatic carbocycles. The Morgan fingerprint density at radius 2 is 1.91 bits per heavy atom. The number of carbonyl (C=O) groups excluding carboxylic acids is 2. The maximum atomic E-state index is 12.3. The Hall–Kier alpha value is -4.01. The van der Waals surface area contributed by atoms with Crippen molar-refractivity contribution in [1.82, 2.24) is 20.9 Å². The first-order valence-electron chi connectivity index (χ1n) is 10.3. The predicted octanol–water partition coefficient (Wildman–Crippen LogP) is 2.10. The van der Waals surface area contributed by atoms with Gasteiger partial charge in [-0.05, 0) is 17.7 Å². The van der Waals surface area contributed by atoms with Crippen molar-refractivity contribution in [2.45, 2.75) is 24.9 Å². The van der Waals surface area contributed by atoms with E-state index in [2.05, 4.69) is 20.9 Å². The molecule has 4 rings (SSSR count). The molecule has 32 heavy (non-hydrogen) atoms. The molecule has 0 bridgehead atoms. The lowest BCUT2D eigenvalue weighted by atomic mass is 10.0. The van der Waals surface area contributed by atoms with Gasteiger partial charge >= 0.3 is 12.0 Å². The van der Waals surface area contributed by atoms with Gasteiger partial charge in [0, 0.05) is 35.5 Å². The van der Waals surface area contributed by atoms with Gasteiger partial charge in [-0.3, -0.25) is 4.79 Å². The number of H-pyrrole nitrogens is 1. The molecule has 1 aromatic heterocycles. The number of carboxylic acid groups (broad SMARTS) is 1. The maximum absolute atomic E-state index is 12.3. The SMILES string of the molecule is O=C(CNC(=O)NC(Cc1c[nH]c2ccccc12)C(=O)O)NC1CCOc2ccccc21. The summed E-state index contributed by atoms with van der Waals surface area (Å²) in [6, 6.07) is 12.9. The average molecular weight is 436 g/mol. The topological polar surface area (TPSA) is 133 Å². The van der Waals surface area contributed by atoms with Crippen LogP contribution in [0.5, 0.6) is 5.75 Å². The average Bonchev–Trinajstić information content (AvgIpc) is 3.20. The minimum atomic E-state index is -1.16. The molecule has 0 fully saturated rings. The smallest absolute Gasteiger partial charge is 0.326 e.